The van der Waals surface area contributed by atoms with Crippen molar-refractivity contribution in [3.8, 4) is 11.5 Å². The molecule has 0 fully saturated rings. The van der Waals surface area contributed by atoms with E-state index in [1.54, 1.807) is 6.20 Å². The van der Waals surface area contributed by atoms with Crippen molar-refractivity contribution in [3.05, 3.63) is 42.1 Å². The van der Waals surface area contributed by atoms with Gasteiger partial charge in [-0.2, -0.15) is 5.10 Å². The molecule has 3 aromatic rings. The summed E-state index contributed by atoms with van der Waals surface area (Å²) in [6.07, 6.45) is 5.51. The van der Waals surface area contributed by atoms with Gasteiger partial charge in [-0.1, -0.05) is 6.08 Å². The molecule has 6 nitrogen and oxygen atoms in total. The second-order valence-electron chi connectivity index (χ2n) is 5.43. The van der Waals surface area contributed by atoms with Crippen LogP contribution in [0.5, 0.6) is 0 Å². The van der Waals surface area contributed by atoms with Crippen LogP contribution in [-0.4, -0.2) is 29.7 Å². The number of rotatable bonds is 4. The molecule has 0 spiro atoms. The lowest BCUT2D eigenvalue weighted by Gasteiger charge is -2.14. The van der Waals surface area contributed by atoms with E-state index in [2.05, 4.69) is 26.9 Å². The molecule has 4 rings (SSSR count). The van der Waals surface area contributed by atoms with Gasteiger partial charge >= 0.3 is 0 Å². The Morgan fingerprint density at radius 3 is 3.00 bits per heavy atom. The van der Waals surface area contributed by atoms with Crippen LogP contribution in [0, 0.1) is 0 Å². The largest absolute Gasteiger partial charge is 0.454 e. The zero-order chi connectivity index (χ0) is 15.6. The normalized spacial score (nSPS) is 14.7. The fraction of sp³-hybridized carbons (Fsp3) is 0.176. The van der Waals surface area contributed by atoms with Crippen LogP contribution in [0.15, 0.2) is 41.0 Å². The summed E-state index contributed by atoms with van der Waals surface area (Å²) in [5, 5.41) is 14.0. The predicted molar refractivity (Wildman–Crippen MR) is 88.9 cm³/mol. The molecule has 6 heteroatoms. The number of amides is 1. The highest BCUT2D eigenvalue weighted by molar-refractivity contribution is 5.99. The first-order chi connectivity index (χ1) is 11.4. The van der Waals surface area contributed by atoms with Crippen LogP contribution in [0.25, 0.3) is 28.0 Å². The number of anilines is 1. The molecule has 0 saturated carbocycles. The van der Waals surface area contributed by atoms with Gasteiger partial charge in [-0.15, -0.1) is 0 Å². The second kappa shape index (κ2) is 5.73. The van der Waals surface area contributed by atoms with E-state index in [0.29, 0.717) is 6.41 Å². The first-order valence-corrected chi connectivity index (χ1v) is 7.53. The van der Waals surface area contributed by atoms with Crippen molar-refractivity contribution in [3.63, 3.8) is 0 Å². The van der Waals surface area contributed by atoms with Crippen molar-refractivity contribution in [2.75, 3.05) is 18.4 Å². The molecule has 0 unspecified atom stereocenters. The van der Waals surface area contributed by atoms with Crippen LogP contribution < -0.4 is 10.6 Å². The highest BCUT2D eigenvalue weighted by atomic mass is 16.3. The molecule has 23 heavy (non-hydrogen) atoms. The van der Waals surface area contributed by atoms with Crippen LogP contribution >= 0.6 is 0 Å². The third-order valence-corrected chi connectivity index (χ3v) is 4.04. The summed E-state index contributed by atoms with van der Waals surface area (Å²) in [6.45, 7) is 1.78. The Kier molecular flexibility index (Phi) is 3.44. The van der Waals surface area contributed by atoms with Gasteiger partial charge in [0.15, 0.2) is 5.76 Å². The molecule has 0 saturated heterocycles. The molecule has 116 valence electrons. The summed E-state index contributed by atoms with van der Waals surface area (Å²) < 4.78 is 6.08. The molecule has 0 bridgehead atoms. The van der Waals surface area contributed by atoms with Crippen molar-refractivity contribution in [1.29, 1.82) is 0 Å². The van der Waals surface area contributed by atoms with Crippen LogP contribution in [0.1, 0.15) is 12.0 Å². The van der Waals surface area contributed by atoms with Gasteiger partial charge in [0.1, 0.15) is 11.3 Å². The van der Waals surface area contributed by atoms with Gasteiger partial charge in [0.25, 0.3) is 0 Å². The SMILES string of the molecule is O=CNc1ccc2oc(-c3ccn[nH]3)c(C3=CCNCC3)c2c1. The third-order valence-electron chi connectivity index (χ3n) is 4.04. The fourth-order valence-corrected chi connectivity index (χ4v) is 3.00. The fourth-order valence-electron chi connectivity index (χ4n) is 3.00. The number of aromatic nitrogens is 2. The van der Waals surface area contributed by atoms with Crippen molar-refractivity contribution in [2.24, 2.45) is 0 Å². The highest BCUT2D eigenvalue weighted by Crippen LogP contribution is 2.39. The minimum absolute atomic E-state index is 0.681. The topological polar surface area (TPSA) is 83.0 Å². The Morgan fingerprint density at radius 2 is 2.26 bits per heavy atom. The molecule has 0 atom stereocenters. The van der Waals surface area contributed by atoms with Crippen LogP contribution in [0.4, 0.5) is 5.69 Å². The van der Waals surface area contributed by atoms with Crippen molar-refractivity contribution in [2.45, 2.75) is 6.42 Å². The third kappa shape index (κ3) is 2.43. The molecule has 1 aliphatic heterocycles. The summed E-state index contributed by atoms with van der Waals surface area (Å²) >= 11 is 0. The number of furan rings is 1. The van der Waals surface area contributed by atoms with Gasteiger partial charge in [0, 0.05) is 29.4 Å². The number of fused-ring (bicyclic) bond motifs is 1. The molecule has 0 aliphatic carbocycles. The summed E-state index contributed by atoms with van der Waals surface area (Å²) in [5.41, 5.74) is 4.71. The minimum Gasteiger partial charge on any atom is -0.454 e. The van der Waals surface area contributed by atoms with E-state index >= 15 is 0 Å². The zero-order valence-electron chi connectivity index (χ0n) is 12.4. The molecular formula is C17H16N4O2. The monoisotopic (exact) mass is 308 g/mol. The van der Waals surface area contributed by atoms with Gasteiger partial charge in [-0.25, -0.2) is 0 Å². The van der Waals surface area contributed by atoms with Crippen LogP contribution in [0.2, 0.25) is 0 Å². The Bertz CT molecular complexity index is 878. The number of aromatic amines is 1. The van der Waals surface area contributed by atoms with E-state index in [9.17, 15) is 4.79 Å². The lowest BCUT2D eigenvalue weighted by molar-refractivity contribution is -0.105. The van der Waals surface area contributed by atoms with E-state index in [1.165, 1.54) is 5.57 Å². The van der Waals surface area contributed by atoms with Gasteiger partial charge < -0.3 is 15.1 Å². The Morgan fingerprint density at radius 1 is 1.30 bits per heavy atom. The molecule has 1 amide bonds. The van der Waals surface area contributed by atoms with Gasteiger partial charge in [0.2, 0.25) is 6.41 Å². The van der Waals surface area contributed by atoms with E-state index in [-0.39, 0.29) is 0 Å². The maximum Gasteiger partial charge on any atom is 0.211 e. The van der Waals surface area contributed by atoms with Gasteiger partial charge in [-0.3, -0.25) is 9.89 Å². The number of hydrogen-bond acceptors (Lipinski definition) is 4. The predicted octanol–water partition coefficient (Wildman–Crippen LogP) is 2.77. The molecule has 2 aromatic heterocycles. The van der Waals surface area contributed by atoms with Crippen LogP contribution in [0.3, 0.4) is 0 Å². The van der Waals surface area contributed by atoms with Gasteiger partial charge in [-0.05, 0) is 42.8 Å². The Labute approximate surface area is 132 Å². The molecule has 3 N–H and O–H groups in total. The number of nitrogens with zero attached hydrogens (tertiary/aromatic N) is 1. The van der Waals surface area contributed by atoms with E-state index in [4.69, 9.17) is 4.42 Å². The molecule has 1 aromatic carbocycles. The Hall–Kier alpha value is -2.86. The number of H-pyrrole nitrogens is 1. The number of nitrogens with one attached hydrogen (secondary N) is 3. The zero-order valence-corrected chi connectivity index (χ0v) is 12.4. The van der Waals surface area contributed by atoms with E-state index in [1.807, 2.05) is 24.3 Å². The van der Waals surface area contributed by atoms with E-state index in [0.717, 1.165) is 53.2 Å². The number of carbonyl (C=O) groups is 1. The van der Waals surface area contributed by atoms with Gasteiger partial charge in [0.05, 0.1) is 0 Å². The summed E-state index contributed by atoms with van der Waals surface area (Å²) in [5.74, 6) is 0.786. The highest BCUT2D eigenvalue weighted by Gasteiger charge is 2.21. The average molecular weight is 308 g/mol. The lowest BCUT2D eigenvalue weighted by Crippen LogP contribution is -2.20. The van der Waals surface area contributed by atoms with Crippen molar-refractivity contribution >= 4 is 28.6 Å². The molecular weight excluding hydrogens is 292 g/mol. The Balaban J connectivity index is 1.96. The number of hydrogen-bond donors (Lipinski definition) is 3. The molecule has 1 aliphatic rings. The lowest BCUT2D eigenvalue weighted by atomic mass is 9.96. The molecule has 0 radical (unpaired) electrons. The average Bonchev–Trinajstić information content (AvgIpc) is 3.23. The maximum absolute atomic E-state index is 10.7. The summed E-state index contributed by atoms with van der Waals surface area (Å²) in [7, 11) is 0. The smallest absolute Gasteiger partial charge is 0.211 e. The second-order valence-corrected chi connectivity index (χ2v) is 5.43. The quantitative estimate of drug-likeness (QED) is 0.647. The molecule has 3 heterocycles. The van der Waals surface area contributed by atoms with Crippen LogP contribution in [-0.2, 0) is 4.79 Å². The first-order valence-electron chi connectivity index (χ1n) is 7.53. The maximum atomic E-state index is 10.7. The standard InChI is InChI=1S/C17H16N4O2/c22-10-19-12-1-2-15-13(9-12)16(11-3-6-18-7-4-11)17(23-15)14-5-8-20-21-14/h1-3,5,8-10,18H,4,6-7H2,(H,19,22)(H,20,21). The van der Waals surface area contributed by atoms with Crippen molar-refractivity contribution < 1.29 is 9.21 Å². The summed E-state index contributed by atoms with van der Waals surface area (Å²) in [4.78, 5) is 10.7. The first kappa shape index (κ1) is 13.8. The van der Waals surface area contributed by atoms with Crippen molar-refractivity contribution in [1.82, 2.24) is 15.5 Å². The minimum atomic E-state index is 0.681. The number of benzene rings is 1. The summed E-state index contributed by atoms with van der Waals surface area (Å²) in [6, 6.07) is 7.56. The number of carbonyl (C=O) groups excluding carboxylic acids is 1. The van der Waals surface area contributed by atoms with E-state index < -0.39 is 0 Å².